The molecule has 104 valence electrons. The summed E-state index contributed by atoms with van der Waals surface area (Å²) in [4.78, 5) is 5.64. The van der Waals surface area contributed by atoms with E-state index in [2.05, 4.69) is 14.4 Å². The molecule has 1 unspecified atom stereocenters. The van der Waals surface area contributed by atoms with E-state index >= 15 is 0 Å². The van der Waals surface area contributed by atoms with Crippen molar-refractivity contribution in [1.82, 2.24) is 14.8 Å². The van der Waals surface area contributed by atoms with Crippen molar-refractivity contribution >= 4 is 15.7 Å². The van der Waals surface area contributed by atoms with E-state index in [1.165, 1.54) is 0 Å². The number of hydrogen-bond acceptors (Lipinski definition) is 4. The molecule has 2 heterocycles. The summed E-state index contributed by atoms with van der Waals surface area (Å²) in [5, 5.41) is 4.34. The van der Waals surface area contributed by atoms with Crippen LogP contribution in [-0.2, 0) is 9.73 Å². The van der Waals surface area contributed by atoms with Gasteiger partial charge in [0.15, 0.2) is 0 Å². The fraction of sp³-hybridized carbons (Fsp3) is 0.0667. The van der Waals surface area contributed by atoms with Gasteiger partial charge in [-0.25, -0.2) is 4.21 Å². The molecule has 0 fully saturated rings. The molecule has 3 aromatic rings. The maximum atomic E-state index is 13.6. The van der Waals surface area contributed by atoms with E-state index in [4.69, 9.17) is 0 Å². The van der Waals surface area contributed by atoms with Crippen LogP contribution in [0.3, 0.4) is 0 Å². The fourth-order valence-electron chi connectivity index (χ4n) is 2.44. The quantitative estimate of drug-likeness (QED) is 0.542. The Hall–Kier alpha value is -2.47. The van der Waals surface area contributed by atoms with Crippen LogP contribution < -0.4 is 0 Å². The van der Waals surface area contributed by atoms with Crippen molar-refractivity contribution in [1.29, 1.82) is 0 Å². The summed E-state index contributed by atoms with van der Waals surface area (Å²) in [5.74, 6) is 1.00. The Balaban J connectivity index is 2.14. The van der Waals surface area contributed by atoms with E-state index in [1.807, 2.05) is 54.6 Å². The maximum Gasteiger partial charge on any atom is 0.261 e. The molecule has 6 heteroatoms. The van der Waals surface area contributed by atoms with Crippen LogP contribution in [-0.4, -0.2) is 19.0 Å². The Morgan fingerprint density at radius 1 is 1.00 bits per heavy atom. The highest BCUT2D eigenvalue weighted by molar-refractivity contribution is 7.94. The van der Waals surface area contributed by atoms with Gasteiger partial charge in [-0.05, 0) is 31.2 Å². The van der Waals surface area contributed by atoms with E-state index in [1.54, 1.807) is 11.6 Å². The van der Waals surface area contributed by atoms with Crippen molar-refractivity contribution in [2.24, 2.45) is 4.36 Å². The second-order valence-electron chi connectivity index (χ2n) is 4.77. The molecule has 0 saturated carbocycles. The average Bonchev–Trinajstić information content (AvgIpc) is 2.89. The first kappa shape index (κ1) is 12.3. The van der Waals surface area contributed by atoms with Crippen LogP contribution >= 0.6 is 0 Å². The van der Waals surface area contributed by atoms with Crippen LogP contribution in [0.2, 0.25) is 0 Å². The van der Waals surface area contributed by atoms with Crippen molar-refractivity contribution in [3.63, 3.8) is 0 Å². The number of benzene rings is 2. The lowest BCUT2D eigenvalue weighted by atomic mass is 10.3. The summed E-state index contributed by atoms with van der Waals surface area (Å²) >= 11 is 0. The predicted molar refractivity (Wildman–Crippen MR) is 79.3 cm³/mol. The van der Waals surface area contributed by atoms with Gasteiger partial charge in [0.25, 0.3) is 5.95 Å². The van der Waals surface area contributed by atoms with Gasteiger partial charge < -0.3 is 0 Å². The standard InChI is InChI=1S/C15H12N4OS/c1-11-16-15-18-21(20,12-7-3-2-4-8-12)14-10-6-5-9-13(14)19(15)17-11/h2-10H,1H3. The lowest BCUT2D eigenvalue weighted by molar-refractivity contribution is 0.672. The molecule has 5 nitrogen and oxygen atoms in total. The summed E-state index contributed by atoms with van der Waals surface area (Å²) in [6, 6.07) is 16.8. The first-order chi connectivity index (χ1) is 10.2. The number of aromatic nitrogens is 3. The fourth-order valence-corrected chi connectivity index (χ4v) is 4.47. The van der Waals surface area contributed by atoms with Crippen LogP contribution in [0.25, 0.3) is 5.69 Å². The topological polar surface area (TPSA) is 60.1 Å². The van der Waals surface area contributed by atoms with Gasteiger partial charge in [0, 0.05) is 0 Å². The zero-order valence-corrected chi connectivity index (χ0v) is 12.1. The zero-order valence-electron chi connectivity index (χ0n) is 11.3. The Morgan fingerprint density at radius 3 is 2.52 bits per heavy atom. The van der Waals surface area contributed by atoms with E-state index in [0.29, 0.717) is 21.6 Å². The van der Waals surface area contributed by atoms with Crippen molar-refractivity contribution in [2.45, 2.75) is 16.7 Å². The molecule has 2 aromatic carbocycles. The SMILES string of the molecule is Cc1nc2n(n1)-c1ccccc1S(=O)(c1ccccc1)=N2. The summed E-state index contributed by atoms with van der Waals surface area (Å²) in [7, 11) is -2.73. The van der Waals surface area contributed by atoms with Gasteiger partial charge in [-0.1, -0.05) is 30.3 Å². The van der Waals surface area contributed by atoms with Gasteiger partial charge in [-0.3, -0.25) is 0 Å². The molecule has 1 aromatic heterocycles. The zero-order chi connectivity index (χ0) is 14.4. The lowest BCUT2D eigenvalue weighted by Crippen LogP contribution is -2.12. The molecule has 1 aliphatic rings. The third-order valence-corrected chi connectivity index (χ3v) is 5.63. The largest absolute Gasteiger partial charge is 0.261 e. The van der Waals surface area contributed by atoms with Gasteiger partial charge in [0.2, 0.25) is 0 Å². The predicted octanol–water partition coefficient (Wildman–Crippen LogP) is 3.11. The van der Waals surface area contributed by atoms with Crippen LogP contribution in [0.1, 0.15) is 5.82 Å². The summed E-state index contributed by atoms with van der Waals surface area (Å²) < 4.78 is 19.6. The molecule has 0 radical (unpaired) electrons. The molecule has 21 heavy (non-hydrogen) atoms. The molecule has 0 N–H and O–H groups in total. The number of aryl methyl sites for hydroxylation is 1. The molecule has 4 rings (SSSR count). The number of fused-ring (bicyclic) bond motifs is 3. The summed E-state index contributed by atoms with van der Waals surface area (Å²) in [6.07, 6.45) is 0. The first-order valence-electron chi connectivity index (χ1n) is 6.54. The minimum atomic E-state index is -2.73. The third-order valence-electron chi connectivity index (χ3n) is 3.36. The van der Waals surface area contributed by atoms with Crippen LogP contribution in [0.4, 0.5) is 5.95 Å². The minimum Gasteiger partial charge on any atom is -0.239 e. The second kappa shape index (κ2) is 4.26. The molecular formula is C15H12N4OS. The molecule has 0 bridgehead atoms. The molecule has 0 spiro atoms. The van der Waals surface area contributed by atoms with E-state index < -0.39 is 9.73 Å². The summed E-state index contributed by atoms with van der Waals surface area (Å²) in [6.45, 7) is 1.80. The van der Waals surface area contributed by atoms with Crippen molar-refractivity contribution in [3.8, 4) is 5.69 Å². The van der Waals surface area contributed by atoms with Gasteiger partial charge in [0.05, 0.1) is 15.5 Å². The average molecular weight is 296 g/mol. The van der Waals surface area contributed by atoms with Crippen molar-refractivity contribution < 1.29 is 4.21 Å². The van der Waals surface area contributed by atoms with E-state index in [-0.39, 0.29) is 0 Å². The normalized spacial score (nSPS) is 19.5. The van der Waals surface area contributed by atoms with Gasteiger partial charge in [-0.15, -0.1) is 5.10 Å². The number of nitrogens with zero attached hydrogens (tertiary/aromatic N) is 4. The van der Waals surface area contributed by atoms with Gasteiger partial charge in [-0.2, -0.15) is 14.0 Å². The maximum absolute atomic E-state index is 13.6. The monoisotopic (exact) mass is 296 g/mol. The third kappa shape index (κ3) is 1.72. The Morgan fingerprint density at radius 2 is 1.71 bits per heavy atom. The van der Waals surface area contributed by atoms with E-state index in [9.17, 15) is 4.21 Å². The van der Waals surface area contributed by atoms with Crippen molar-refractivity contribution in [2.75, 3.05) is 0 Å². The molecular weight excluding hydrogens is 284 g/mol. The number of rotatable bonds is 1. The lowest BCUT2D eigenvalue weighted by Gasteiger charge is -2.19. The van der Waals surface area contributed by atoms with Gasteiger partial charge >= 0.3 is 0 Å². The van der Waals surface area contributed by atoms with Crippen molar-refractivity contribution in [3.05, 3.63) is 60.4 Å². The summed E-state index contributed by atoms with van der Waals surface area (Å²) in [5.41, 5.74) is 0.775. The highest BCUT2D eigenvalue weighted by Gasteiger charge is 2.27. The molecule has 0 aliphatic carbocycles. The first-order valence-corrected chi connectivity index (χ1v) is 8.05. The minimum absolute atomic E-state index is 0.389. The molecule has 1 atom stereocenters. The molecule has 0 saturated heterocycles. The Bertz CT molecular complexity index is 953. The second-order valence-corrected chi connectivity index (χ2v) is 6.91. The highest BCUT2D eigenvalue weighted by Crippen LogP contribution is 2.36. The number of hydrogen-bond donors (Lipinski definition) is 0. The van der Waals surface area contributed by atoms with Gasteiger partial charge in [0.1, 0.15) is 15.6 Å². The Labute approximate surface area is 122 Å². The highest BCUT2D eigenvalue weighted by atomic mass is 32.2. The Kier molecular flexibility index (Phi) is 2.49. The molecule has 1 aliphatic heterocycles. The van der Waals surface area contributed by atoms with Crippen LogP contribution in [0.15, 0.2) is 68.8 Å². The molecule has 0 amide bonds. The van der Waals surface area contributed by atoms with Crippen LogP contribution in [0.5, 0.6) is 0 Å². The smallest absolute Gasteiger partial charge is 0.239 e. The van der Waals surface area contributed by atoms with Crippen LogP contribution in [0, 0.1) is 6.92 Å². The number of para-hydroxylation sites is 1. The van der Waals surface area contributed by atoms with E-state index in [0.717, 1.165) is 5.69 Å².